The Labute approximate surface area is 108 Å². The summed E-state index contributed by atoms with van der Waals surface area (Å²) < 4.78 is 0. The van der Waals surface area contributed by atoms with Gasteiger partial charge in [0.15, 0.2) is 0 Å². The summed E-state index contributed by atoms with van der Waals surface area (Å²) in [5, 5.41) is 12.6. The molecule has 2 aromatic rings. The number of carboxylic acids is 1. The molecule has 0 spiro atoms. The molecule has 5 nitrogen and oxygen atoms in total. The van der Waals surface area contributed by atoms with Crippen molar-refractivity contribution in [3.8, 4) is 0 Å². The maximum absolute atomic E-state index is 11.1. The minimum Gasteiger partial charge on any atom is -0.478 e. The minimum atomic E-state index is -1.08. The fraction of sp³-hybridized carbons (Fsp3) is 0. The van der Waals surface area contributed by atoms with Crippen molar-refractivity contribution in [1.82, 2.24) is 4.98 Å². The Bertz CT molecular complexity index is 602. The predicted molar refractivity (Wildman–Crippen MR) is 70.3 cm³/mol. The van der Waals surface area contributed by atoms with Crippen LogP contribution in [0.2, 0.25) is 5.02 Å². The molecule has 18 heavy (non-hydrogen) atoms. The fourth-order valence-electron chi connectivity index (χ4n) is 1.47. The number of carboxylic acid groups (broad SMARTS) is 1. The summed E-state index contributed by atoms with van der Waals surface area (Å²) in [5.41, 5.74) is 6.55. The molecule has 0 saturated carbocycles. The van der Waals surface area contributed by atoms with Crippen LogP contribution in [0.3, 0.4) is 0 Å². The largest absolute Gasteiger partial charge is 0.478 e. The number of hydrogen-bond acceptors (Lipinski definition) is 4. The molecular weight excluding hydrogens is 254 g/mol. The summed E-state index contributed by atoms with van der Waals surface area (Å²) in [4.78, 5) is 14.9. The van der Waals surface area contributed by atoms with Crippen molar-refractivity contribution >= 4 is 34.8 Å². The molecule has 1 aromatic heterocycles. The lowest BCUT2D eigenvalue weighted by molar-refractivity contribution is 0.0698. The monoisotopic (exact) mass is 263 g/mol. The van der Waals surface area contributed by atoms with E-state index in [2.05, 4.69) is 10.3 Å². The number of rotatable bonds is 3. The van der Waals surface area contributed by atoms with E-state index in [0.717, 1.165) is 0 Å². The smallest absolute Gasteiger partial charge is 0.338 e. The Hall–Kier alpha value is -2.27. The molecule has 1 aromatic carbocycles. The highest BCUT2D eigenvalue weighted by molar-refractivity contribution is 6.30. The first kappa shape index (κ1) is 12.2. The Morgan fingerprint density at radius 1 is 1.39 bits per heavy atom. The number of carbonyl (C=O) groups is 1. The maximum Gasteiger partial charge on any atom is 0.338 e. The van der Waals surface area contributed by atoms with E-state index in [9.17, 15) is 4.79 Å². The number of nitrogens with two attached hydrogens (primary N) is 1. The van der Waals surface area contributed by atoms with Gasteiger partial charge in [-0.05, 0) is 24.3 Å². The number of aromatic carboxylic acids is 1. The first-order chi connectivity index (χ1) is 8.56. The third kappa shape index (κ3) is 2.70. The van der Waals surface area contributed by atoms with E-state index in [-0.39, 0.29) is 11.4 Å². The van der Waals surface area contributed by atoms with E-state index < -0.39 is 5.97 Å². The first-order valence-electron chi connectivity index (χ1n) is 5.07. The van der Waals surface area contributed by atoms with Gasteiger partial charge < -0.3 is 16.2 Å². The lowest BCUT2D eigenvalue weighted by Gasteiger charge is -2.09. The number of benzene rings is 1. The highest BCUT2D eigenvalue weighted by Crippen LogP contribution is 2.23. The molecule has 0 bridgehead atoms. The third-order valence-corrected chi connectivity index (χ3v) is 2.49. The average molecular weight is 264 g/mol. The predicted octanol–water partition coefficient (Wildman–Crippen LogP) is 2.76. The molecule has 0 amide bonds. The van der Waals surface area contributed by atoms with Crippen LogP contribution in [0.1, 0.15) is 10.4 Å². The SMILES string of the molecule is Nc1cc(C(=O)O)c(Nc2cccc(Cl)c2)cn1. The molecule has 4 N–H and O–H groups in total. The second-order valence-electron chi connectivity index (χ2n) is 3.60. The summed E-state index contributed by atoms with van der Waals surface area (Å²) in [6.07, 6.45) is 1.37. The molecule has 0 aliphatic carbocycles. The number of hydrogen-bond donors (Lipinski definition) is 3. The number of nitrogens with one attached hydrogen (secondary N) is 1. The second-order valence-corrected chi connectivity index (χ2v) is 4.03. The van der Waals surface area contributed by atoms with Crippen LogP contribution < -0.4 is 11.1 Å². The Kier molecular flexibility index (Phi) is 3.34. The van der Waals surface area contributed by atoms with Gasteiger partial charge >= 0.3 is 5.97 Å². The first-order valence-corrected chi connectivity index (χ1v) is 5.45. The van der Waals surface area contributed by atoms with Crippen LogP contribution in [-0.4, -0.2) is 16.1 Å². The summed E-state index contributed by atoms with van der Waals surface area (Å²) in [5.74, 6) is -0.919. The van der Waals surface area contributed by atoms with Crippen molar-refractivity contribution < 1.29 is 9.90 Å². The highest BCUT2D eigenvalue weighted by atomic mass is 35.5. The number of aromatic nitrogens is 1. The van der Waals surface area contributed by atoms with E-state index in [1.165, 1.54) is 12.3 Å². The van der Waals surface area contributed by atoms with Gasteiger partial charge in [0.25, 0.3) is 0 Å². The Morgan fingerprint density at radius 3 is 2.83 bits per heavy atom. The minimum absolute atomic E-state index is 0.0578. The van der Waals surface area contributed by atoms with Crippen molar-refractivity contribution in [2.45, 2.75) is 0 Å². The standard InChI is InChI=1S/C12H10ClN3O2/c13-7-2-1-3-8(4-7)16-10-6-15-11(14)5-9(10)12(17)18/h1-6,16H,(H2,14,15)(H,17,18). The zero-order valence-corrected chi connectivity index (χ0v) is 9.98. The van der Waals surface area contributed by atoms with Gasteiger partial charge in [0.05, 0.1) is 17.4 Å². The lowest BCUT2D eigenvalue weighted by Crippen LogP contribution is -2.05. The van der Waals surface area contributed by atoms with Gasteiger partial charge in [0.1, 0.15) is 5.82 Å². The van der Waals surface area contributed by atoms with Crippen LogP contribution in [0, 0.1) is 0 Å². The Morgan fingerprint density at radius 2 is 2.17 bits per heavy atom. The van der Waals surface area contributed by atoms with Gasteiger partial charge in [-0.25, -0.2) is 9.78 Å². The summed E-state index contributed by atoms with van der Waals surface area (Å²) in [6.45, 7) is 0. The molecule has 0 saturated heterocycles. The van der Waals surface area contributed by atoms with Gasteiger partial charge in [0.2, 0.25) is 0 Å². The molecule has 92 valence electrons. The highest BCUT2D eigenvalue weighted by Gasteiger charge is 2.11. The van der Waals surface area contributed by atoms with E-state index in [1.807, 2.05) is 0 Å². The lowest BCUT2D eigenvalue weighted by atomic mass is 10.2. The van der Waals surface area contributed by atoms with Gasteiger partial charge in [0, 0.05) is 10.7 Å². The van der Waals surface area contributed by atoms with Crippen LogP contribution >= 0.6 is 11.6 Å². The molecule has 2 rings (SSSR count). The van der Waals surface area contributed by atoms with Crippen molar-refractivity contribution in [2.24, 2.45) is 0 Å². The molecular formula is C12H10ClN3O2. The van der Waals surface area contributed by atoms with Crippen LogP contribution in [-0.2, 0) is 0 Å². The van der Waals surface area contributed by atoms with Crippen molar-refractivity contribution in [2.75, 3.05) is 11.1 Å². The molecule has 0 aliphatic heterocycles. The van der Waals surface area contributed by atoms with E-state index >= 15 is 0 Å². The molecule has 0 aliphatic rings. The van der Waals surface area contributed by atoms with E-state index in [0.29, 0.717) is 16.4 Å². The molecule has 0 atom stereocenters. The maximum atomic E-state index is 11.1. The number of nitrogen functional groups attached to an aromatic ring is 1. The van der Waals surface area contributed by atoms with Crippen LogP contribution in [0.5, 0.6) is 0 Å². The van der Waals surface area contributed by atoms with Gasteiger partial charge in [-0.15, -0.1) is 0 Å². The van der Waals surface area contributed by atoms with Crippen LogP contribution in [0.25, 0.3) is 0 Å². The summed E-state index contributed by atoms with van der Waals surface area (Å²) >= 11 is 5.85. The third-order valence-electron chi connectivity index (χ3n) is 2.26. The number of pyridine rings is 1. The number of anilines is 3. The number of nitrogens with zero attached hydrogens (tertiary/aromatic N) is 1. The molecule has 0 fully saturated rings. The number of halogens is 1. The van der Waals surface area contributed by atoms with Gasteiger partial charge in [-0.1, -0.05) is 17.7 Å². The topological polar surface area (TPSA) is 88.2 Å². The molecule has 0 radical (unpaired) electrons. The van der Waals surface area contributed by atoms with Crippen molar-refractivity contribution in [1.29, 1.82) is 0 Å². The molecule has 6 heteroatoms. The summed E-state index contributed by atoms with van der Waals surface area (Å²) in [7, 11) is 0. The van der Waals surface area contributed by atoms with Crippen LogP contribution in [0.4, 0.5) is 17.2 Å². The van der Waals surface area contributed by atoms with E-state index in [4.69, 9.17) is 22.4 Å². The fourth-order valence-corrected chi connectivity index (χ4v) is 1.66. The van der Waals surface area contributed by atoms with Crippen molar-refractivity contribution in [3.05, 3.63) is 47.1 Å². The van der Waals surface area contributed by atoms with Gasteiger partial charge in [-0.3, -0.25) is 0 Å². The Balaban J connectivity index is 2.37. The van der Waals surface area contributed by atoms with E-state index in [1.54, 1.807) is 24.3 Å². The second kappa shape index (κ2) is 4.93. The zero-order chi connectivity index (χ0) is 13.1. The normalized spacial score (nSPS) is 10.1. The molecule has 0 unspecified atom stereocenters. The zero-order valence-electron chi connectivity index (χ0n) is 9.22. The summed E-state index contributed by atoms with van der Waals surface area (Å²) in [6, 6.07) is 8.24. The average Bonchev–Trinajstić information content (AvgIpc) is 2.31. The molecule has 1 heterocycles. The van der Waals surface area contributed by atoms with Crippen molar-refractivity contribution in [3.63, 3.8) is 0 Å². The van der Waals surface area contributed by atoms with Gasteiger partial charge in [-0.2, -0.15) is 0 Å². The van der Waals surface area contributed by atoms with Crippen LogP contribution in [0.15, 0.2) is 36.5 Å². The quantitative estimate of drug-likeness (QED) is 0.792.